The lowest BCUT2D eigenvalue weighted by molar-refractivity contribution is 0.0820. The third kappa shape index (κ3) is 3.44. The molecule has 2 fully saturated rings. The molecule has 3 rings (SSSR count). The molecule has 1 aromatic rings. The molecule has 0 aromatic heterocycles. The van der Waals surface area contributed by atoms with Crippen molar-refractivity contribution < 1.29 is 4.79 Å². The van der Waals surface area contributed by atoms with E-state index in [1.807, 2.05) is 24.3 Å². The molecule has 1 amide bonds. The summed E-state index contributed by atoms with van der Waals surface area (Å²) in [5, 5.41) is 0. The van der Waals surface area contributed by atoms with E-state index in [-0.39, 0.29) is 5.91 Å². The van der Waals surface area contributed by atoms with Gasteiger partial charge in [0.15, 0.2) is 0 Å². The van der Waals surface area contributed by atoms with E-state index < -0.39 is 0 Å². The van der Waals surface area contributed by atoms with Crippen molar-refractivity contribution in [2.45, 2.75) is 38.6 Å². The van der Waals surface area contributed by atoms with Crippen molar-refractivity contribution in [3.05, 3.63) is 35.4 Å². The fourth-order valence-electron chi connectivity index (χ4n) is 3.92. The number of hydrogen-bond acceptors (Lipinski definition) is 3. The normalized spacial score (nSPS) is 26.1. The van der Waals surface area contributed by atoms with Crippen LogP contribution >= 0.6 is 0 Å². The van der Waals surface area contributed by atoms with Gasteiger partial charge in [0, 0.05) is 18.7 Å². The van der Waals surface area contributed by atoms with Crippen LogP contribution in [0.5, 0.6) is 0 Å². The van der Waals surface area contributed by atoms with E-state index >= 15 is 0 Å². The first-order chi connectivity index (χ1) is 10.3. The van der Waals surface area contributed by atoms with Crippen LogP contribution in [0.1, 0.15) is 48.0 Å². The zero-order chi connectivity index (χ0) is 14.7. The number of fused-ring (bicyclic) bond motifs is 1. The minimum absolute atomic E-state index is 0.232. The minimum Gasteiger partial charge on any atom is -0.299 e. The summed E-state index contributed by atoms with van der Waals surface area (Å²) in [6.45, 7) is 3.45. The van der Waals surface area contributed by atoms with Crippen LogP contribution < -0.4 is 11.3 Å². The van der Waals surface area contributed by atoms with Crippen molar-refractivity contribution in [1.29, 1.82) is 0 Å². The number of hydrogen-bond donors (Lipinski definition) is 2. The molecule has 1 saturated carbocycles. The van der Waals surface area contributed by atoms with E-state index in [1.165, 1.54) is 50.8 Å². The lowest BCUT2D eigenvalue weighted by Gasteiger charge is -2.41. The molecule has 4 heteroatoms. The zero-order valence-electron chi connectivity index (χ0n) is 12.6. The molecule has 1 aromatic carbocycles. The van der Waals surface area contributed by atoms with Crippen molar-refractivity contribution in [3.63, 3.8) is 0 Å². The van der Waals surface area contributed by atoms with Crippen molar-refractivity contribution in [1.82, 2.24) is 10.3 Å². The zero-order valence-corrected chi connectivity index (χ0v) is 12.6. The maximum absolute atomic E-state index is 11.4. The second-order valence-corrected chi connectivity index (χ2v) is 6.50. The summed E-state index contributed by atoms with van der Waals surface area (Å²) in [4.78, 5) is 14.0. The molecular formula is C17H25N3O. The van der Waals surface area contributed by atoms with Gasteiger partial charge in [-0.1, -0.05) is 31.4 Å². The van der Waals surface area contributed by atoms with Gasteiger partial charge in [-0.15, -0.1) is 0 Å². The van der Waals surface area contributed by atoms with Crippen molar-refractivity contribution >= 4 is 5.91 Å². The average molecular weight is 287 g/mol. The standard InChI is InChI=1S/C17H25N3O/c18-19-17(21)15-7-5-13(6-8-15)11-20-10-9-14-3-1-2-4-16(14)12-20/h5-8,14,16H,1-4,9-12,18H2,(H,19,21). The van der Waals surface area contributed by atoms with Gasteiger partial charge in [0.2, 0.25) is 0 Å². The Labute approximate surface area is 126 Å². The van der Waals surface area contributed by atoms with E-state index in [1.54, 1.807) is 0 Å². The summed E-state index contributed by atoms with van der Waals surface area (Å²) >= 11 is 0. The summed E-state index contributed by atoms with van der Waals surface area (Å²) in [6.07, 6.45) is 7.07. The Bertz CT molecular complexity index is 485. The SMILES string of the molecule is NNC(=O)c1ccc(CN2CCC3CCCCC3C2)cc1. The molecular weight excluding hydrogens is 262 g/mol. The van der Waals surface area contributed by atoms with Gasteiger partial charge in [-0.05, 0) is 48.9 Å². The Morgan fingerprint density at radius 3 is 2.57 bits per heavy atom. The fraction of sp³-hybridized carbons (Fsp3) is 0.588. The monoisotopic (exact) mass is 287 g/mol. The lowest BCUT2D eigenvalue weighted by atomic mass is 9.75. The third-order valence-electron chi connectivity index (χ3n) is 5.13. The number of nitrogens with zero attached hydrogens (tertiary/aromatic N) is 1. The van der Waals surface area contributed by atoms with Crippen molar-refractivity contribution in [2.24, 2.45) is 17.7 Å². The molecule has 1 aliphatic heterocycles. The maximum atomic E-state index is 11.4. The number of carbonyl (C=O) groups is 1. The van der Waals surface area contributed by atoms with Crippen LogP contribution in [0.2, 0.25) is 0 Å². The van der Waals surface area contributed by atoms with E-state index in [0.29, 0.717) is 5.56 Å². The van der Waals surface area contributed by atoms with E-state index in [0.717, 1.165) is 18.4 Å². The fourth-order valence-corrected chi connectivity index (χ4v) is 3.92. The summed E-state index contributed by atoms with van der Waals surface area (Å²) in [6, 6.07) is 7.78. The maximum Gasteiger partial charge on any atom is 0.265 e. The Morgan fingerprint density at radius 2 is 1.86 bits per heavy atom. The highest BCUT2D eigenvalue weighted by molar-refractivity contribution is 5.93. The van der Waals surface area contributed by atoms with Gasteiger partial charge < -0.3 is 0 Å². The number of nitrogens with two attached hydrogens (primary N) is 1. The highest BCUT2D eigenvalue weighted by Crippen LogP contribution is 2.36. The first-order valence-electron chi connectivity index (χ1n) is 8.08. The first-order valence-corrected chi connectivity index (χ1v) is 8.08. The van der Waals surface area contributed by atoms with Gasteiger partial charge in [0.1, 0.15) is 0 Å². The molecule has 2 unspecified atom stereocenters. The number of likely N-dealkylation sites (tertiary alicyclic amines) is 1. The van der Waals surface area contributed by atoms with Crippen LogP contribution in [-0.2, 0) is 6.54 Å². The molecule has 2 aliphatic rings. The molecule has 21 heavy (non-hydrogen) atoms. The topological polar surface area (TPSA) is 58.4 Å². The highest BCUT2D eigenvalue weighted by atomic mass is 16.2. The van der Waals surface area contributed by atoms with Crippen molar-refractivity contribution in [3.8, 4) is 0 Å². The predicted octanol–water partition coefficient (Wildman–Crippen LogP) is 2.30. The van der Waals surface area contributed by atoms with Gasteiger partial charge in [-0.2, -0.15) is 0 Å². The predicted molar refractivity (Wildman–Crippen MR) is 83.4 cm³/mol. The Morgan fingerprint density at radius 1 is 1.14 bits per heavy atom. The third-order valence-corrected chi connectivity index (χ3v) is 5.13. The molecule has 1 saturated heterocycles. The molecule has 0 spiro atoms. The van der Waals surface area contributed by atoms with Crippen LogP contribution in [-0.4, -0.2) is 23.9 Å². The van der Waals surface area contributed by atoms with Gasteiger partial charge >= 0.3 is 0 Å². The van der Waals surface area contributed by atoms with E-state index in [9.17, 15) is 4.79 Å². The number of benzene rings is 1. The molecule has 0 bridgehead atoms. The average Bonchev–Trinajstić information content (AvgIpc) is 2.55. The van der Waals surface area contributed by atoms with Gasteiger partial charge in [-0.25, -0.2) is 5.84 Å². The van der Waals surface area contributed by atoms with Crippen LogP contribution in [0.4, 0.5) is 0 Å². The Hall–Kier alpha value is -1.39. The van der Waals surface area contributed by atoms with E-state index in [2.05, 4.69) is 10.3 Å². The summed E-state index contributed by atoms with van der Waals surface area (Å²) in [5.41, 5.74) is 4.06. The van der Waals surface area contributed by atoms with Gasteiger partial charge in [0.05, 0.1) is 0 Å². The lowest BCUT2D eigenvalue weighted by Crippen LogP contribution is -2.41. The Balaban J connectivity index is 1.58. The van der Waals surface area contributed by atoms with Gasteiger partial charge in [0.25, 0.3) is 5.91 Å². The van der Waals surface area contributed by atoms with Crippen LogP contribution in [0.15, 0.2) is 24.3 Å². The molecule has 0 radical (unpaired) electrons. The summed E-state index contributed by atoms with van der Waals surface area (Å²) in [5.74, 6) is 6.80. The second-order valence-electron chi connectivity index (χ2n) is 6.50. The molecule has 1 heterocycles. The van der Waals surface area contributed by atoms with E-state index in [4.69, 9.17) is 5.84 Å². The number of piperidine rings is 1. The smallest absolute Gasteiger partial charge is 0.265 e. The van der Waals surface area contributed by atoms with Crippen LogP contribution in [0.25, 0.3) is 0 Å². The number of nitrogen functional groups attached to an aromatic ring is 1. The van der Waals surface area contributed by atoms with Crippen molar-refractivity contribution in [2.75, 3.05) is 13.1 Å². The summed E-state index contributed by atoms with van der Waals surface area (Å²) < 4.78 is 0. The highest BCUT2D eigenvalue weighted by Gasteiger charge is 2.30. The molecule has 3 N–H and O–H groups in total. The first kappa shape index (κ1) is 14.5. The van der Waals surface area contributed by atoms with Gasteiger partial charge in [-0.3, -0.25) is 15.1 Å². The number of carbonyl (C=O) groups excluding carboxylic acids is 1. The molecule has 2 atom stereocenters. The quantitative estimate of drug-likeness (QED) is 0.509. The number of amides is 1. The largest absolute Gasteiger partial charge is 0.299 e. The van der Waals surface area contributed by atoms with Crippen LogP contribution in [0.3, 0.4) is 0 Å². The number of rotatable bonds is 3. The number of nitrogens with one attached hydrogen (secondary N) is 1. The number of hydrazine groups is 1. The molecule has 4 nitrogen and oxygen atoms in total. The molecule has 1 aliphatic carbocycles. The second kappa shape index (κ2) is 6.58. The minimum atomic E-state index is -0.232. The molecule has 114 valence electrons. The summed E-state index contributed by atoms with van der Waals surface area (Å²) in [7, 11) is 0. The van der Waals surface area contributed by atoms with Crippen LogP contribution in [0, 0.1) is 11.8 Å². The Kier molecular flexibility index (Phi) is 4.56.